The molecule has 0 bridgehead atoms. The largest absolute Gasteiger partial charge is 0.350 e. The maximum Gasteiger partial charge on any atom is 0.234 e. The van der Waals surface area contributed by atoms with E-state index in [-0.39, 0.29) is 11.4 Å². The molecule has 2 aliphatic rings. The minimum atomic E-state index is -0.130. The molecule has 1 atom stereocenters. The van der Waals surface area contributed by atoms with Crippen molar-refractivity contribution in [3.8, 4) is 0 Å². The lowest BCUT2D eigenvalue weighted by atomic mass is 10.0. The fraction of sp³-hybridized carbons (Fsp3) is 0.933. The van der Waals surface area contributed by atoms with Crippen LogP contribution in [0.2, 0.25) is 0 Å². The lowest BCUT2D eigenvalue weighted by molar-refractivity contribution is -0.124. The zero-order valence-corrected chi connectivity index (χ0v) is 12.7. The summed E-state index contributed by atoms with van der Waals surface area (Å²) in [5, 5.41) is 6.67. The van der Waals surface area contributed by atoms with Crippen molar-refractivity contribution in [2.75, 3.05) is 19.6 Å². The normalized spacial score (nSPS) is 25.3. The Labute approximate surface area is 117 Å². The van der Waals surface area contributed by atoms with E-state index in [1.165, 1.54) is 32.1 Å². The van der Waals surface area contributed by atoms with Crippen LogP contribution in [0, 0.1) is 0 Å². The molecule has 1 saturated heterocycles. The highest BCUT2D eigenvalue weighted by Gasteiger charge is 2.28. The summed E-state index contributed by atoms with van der Waals surface area (Å²) in [6.07, 6.45) is 6.41. The van der Waals surface area contributed by atoms with E-state index in [0.29, 0.717) is 12.6 Å². The van der Waals surface area contributed by atoms with E-state index < -0.39 is 0 Å². The number of piperidine rings is 1. The number of likely N-dealkylation sites (tertiary alicyclic amines) is 1. The molecule has 4 heteroatoms. The van der Waals surface area contributed by atoms with Crippen molar-refractivity contribution in [1.82, 2.24) is 15.5 Å². The van der Waals surface area contributed by atoms with Gasteiger partial charge in [-0.15, -0.1) is 0 Å². The highest BCUT2D eigenvalue weighted by molar-refractivity contribution is 5.78. The molecule has 1 aliphatic heterocycles. The van der Waals surface area contributed by atoms with Gasteiger partial charge in [-0.1, -0.05) is 6.42 Å². The van der Waals surface area contributed by atoms with Crippen LogP contribution in [0.3, 0.4) is 0 Å². The van der Waals surface area contributed by atoms with Gasteiger partial charge < -0.3 is 10.6 Å². The van der Waals surface area contributed by atoms with Crippen LogP contribution in [0.5, 0.6) is 0 Å². The standard InChI is InChI=1S/C15H29N3O/c1-15(2,3)17-14(19)11-18-9-5-4-6-13(18)10-16-12-7-8-12/h12-13,16H,4-11H2,1-3H3,(H,17,19). The van der Waals surface area contributed by atoms with E-state index in [1.807, 2.05) is 20.8 Å². The second-order valence-electron chi connectivity index (χ2n) is 7.10. The molecule has 110 valence electrons. The zero-order valence-electron chi connectivity index (χ0n) is 12.7. The molecular weight excluding hydrogens is 238 g/mol. The van der Waals surface area contributed by atoms with Crippen LogP contribution in [0.15, 0.2) is 0 Å². The van der Waals surface area contributed by atoms with Crippen molar-refractivity contribution in [3.05, 3.63) is 0 Å². The van der Waals surface area contributed by atoms with Gasteiger partial charge in [-0.3, -0.25) is 9.69 Å². The van der Waals surface area contributed by atoms with E-state index in [9.17, 15) is 4.79 Å². The first-order valence-corrected chi connectivity index (χ1v) is 7.72. The summed E-state index contributed by atoms with van der Waals surface area (Å²) in [5.41, 5.74) is -0.130. The summed E-state index contributed by atoms with van der Waals surface area (Å²) in [5.74, 6) is 0.158. The number of carbonyl (C=O) groups excluding carboxylic acids is 1. The molecular formula is C15H29N3O. The Morgan fingerprint density at radius 2 is 1.95 bits per heavy atom. The molecule has 0 aromatic carbocycles. The number of nitrogens with one attached hydrogen (secondary N) is 2. The van der Waals surface area contributed by atoms with E-state index in [2.05, 4.69) is 15.5 Å². The molecule has 0 spiro atoms. The first kappa shape index (κ1) is 14.8. The monoisotopic (exact) mass is 267 g/mol. The number of hydrogen-bond acceptors (Lipinski definition) is 3. The molecule has 1 amide bonds. The Morgan fingerprint density at radius 3 is 2.58 bits per heavy atom. The predicted molar refractivity (Wildman–Crippen MR) is 78.1 cm³/mol. The Balaban J connectivity index is 1.78. The van der Waals surface area contributed by atoms with Crippen LogP contribution in [0.25, 0.3) is 0 Å². The molecule has 1 aliphatic carbocycles. The minimum Gasteiger partial charge on any atom is -0.350 e. The van der Waals surface area contributed by atoms with Gasteiger partial charge in [0.15, 0.2) is 0 Å². The second-order valence-corrected chi connectivity index (χ2v) is 7.10. The molecule has 1 saturated carbocycles. The Bertz CT molecular complexity index is 307. The van der Waals surface area contributed by atoms with E-state index in [0.717, 1.165) is 19.1 Å². The van der Waals surface area contributed by atoms with Gasteiger partial charge in [-0.25, -0.2) is 0 Å². The molecule has 0 aromatic rings. The maximum absolute atomic E-state index is 12.0. The van der Waals surface area contributed by atoms with Crippen molar-refractivity contribution in [3.63, 3.8) is 0 Å². The number of carbonyl (C=O) groups is 1. The van der Waals surface area contributed by atoms with Crippen LogP contribution >= 0.6 is 0 Å². The van der Waals surface area contributed by atoms with Gasteiger partial charge in [0, 0.05) is 24.2 Å². The summed E-state index contributed by atoms with van der Waals surface area (Å²) in [6.45, 7) is 8.77. The Morgan fingerprint density at radius 1 is 1.21 bits per heavy atom. The fourth-order valence-electron chi connectivity index (χ4n) is 2.73. The molecule has 2 rings (SSSR count). The highest BCUT2D eigenvalue weighted by Crippen LogP contribution is 2.21. The molecule has 2 N–H and O–H groups in total. The first-order chi connectivity index (χ1) is 8.94. The molecule has 19 heavy (non-hydrogen) atoms. The Kier molecular flexibility index (Phi) is 4.85. The van der Waals surface area contributed by atoms with Crippen molar-refractivity contribution in [1.29, 1.82) is 0 Å². The minimum absolute atomic E-state index is 0.130. The molecule has 0 aromatic heterocycles. The summed E-state index contributed by atoms with van der Waals surface area (Å²) in [4.78, 5) is 14.4. The average Bonchev–Trinajstić information content (AvgIpc) is 3.09. The quantitative estimate of drug-likeness (QED) is 0.793. The van der Waals surface area contributed by atoms with Crippen LogP contribution in [0.1, 0.15) is 52.9 Å². The predicted octanol–water partition coefficient (Wildman–Crippen LogP) is 1.51. The first-order valence-electron chi connectivity index (χ1n) is 7.72. The van der Waals surface area contributed by atoms with Gasteiger partial charge in [0.25, 0.3) is 0 Å². The third-order valence-electron chi connectivity index (χ3n) is 3.83. The van der Waals surface area contributed by atoms with Gasteiger partial charge in [0.1, 0.15) is 0 Å². The van der Waals surface area contributed by atoms with Crippen LogP contribution < -0.4 is 10.6 Å². The summed E-state index contributed by atoms with van der Waals surface area (Å²) in [6, 6.07) is 1.30. The third-order valence-corrected chi connectivity index (χ3v) is 3.83. The number of rotatable bonds is 5. The maximum atomic E-state index is 12.0. The number of hydrogen-bond donors (Lipinski definition) is 2. The van der Waals surface area contributed by atoms with Gasteiger partial charge in [-0.2, -0.15) is 0 Å². The van der Waals surface area contributed by atoms with Crippen molar-refractivity contribution in [2.45, 2.75) is 70.5 Å². The van der Waals surface area contributed by atoms with Crippen molar-refractivity contribution < 1.29 is 4.79 Å². The lowest BCUT2D eigenvalue weighted by Crippen LogP contribution is -2.52. The van der Waals surface area contributed by atoms with Gasteiger partial charge in [0.05, 0.1) is 6.54 Å². The topological polar surface area (TPSA) is 44.4 Å². The average molecular weight is 267 g/mol. The zero-order chi connectivity index (χ0) is 13.9. The summed E-state index contributed by atoms with van der Waals surface area (Å²) >= 11 is 0. The summed E-state index contributed by atoms with van der Waals surface area (Å²) < 4.78 is 0. The van der Waals surface area contributed by atoms with Crippen LogP contribution in [0.4, 0.5) is 0 Å². The molecule has 1 unspecified atom stereocenters. The smallest absolute Gasteiger partial charge is 0.234 e. The Hall–Kier alpha value is -0.610. The SMILES string of the molecule is CC(C)(C)NC(=O)CN1CCCCC1CNC1CC1. The van der Waals surface area contributed by atoms with Crippen molar-refractivity contribution in [2.24, 2.45) is 0 Å². The van der Waals surface area contributed by atoms with Crippen LogP contribution in [-0.4, -0.2) is 48.1 Å². The molecule has 4 nitrogen and oxygen atoms in total. The van der Waals surface area contributed by atoms with E-state index >= 15 is 0 Å². The van der Waals surface area contributed by atoms with Crippen molar-refractivity contribution >= 4 is 5.91 Å². The highest BCUT2D eigenvalue weighted by atomic mass is 16.2. The van der Waals surface area contributed by atoms with Gasteiger partial charge in [0.2, 0.25) is 5.91 Å². The van der Waals surface area contributed by atoms with Gasteiger partial charge in [-0.05, 0) is 53.0 Å². The fourth-order valence-corrected chi connectivity index (χ4v) is 2.73. The molecule has 0 radical (unpaired) electrons. The molecule has 1 heterocycles. The molecule has 2 fully saturated rings. The van der Waals surface area contributed by atoms with Crippen LogP contribution in [-0.2, 0) is 4.79 Å². The second kappa shape index (κ2) is 6.23. The number of nitrogens with zero attached hydrogens (tertiary/aromatic N) is 1. The van der Waals surface area contributed by atoms with Gasteiger partial charge >= 0.3 is 0 Å². The number of amides is 1. The van der Waals surface area contributed by atoms with E-state index in [1.54, 1.807) is 0 Å². The lowest BCUT2D eigenvalue weighted by Gasteiger charge is -2.36. The third kappa shape index (κ3) is 5.49. The van der Waals surface area contributed by atoms with E-state index in [4.69, 9.17) is 0 Å². The summed E-state index contributed by atoms with van der Waals surface area (Å²) in [7, 11) is 0.